The zero-order valence-corrected chi connectivity index (χ0v) is 11.0. The van der Waals surface area contributed by atoms with Crippen molar-refractivity contribution in [3.05, 3.63) is 71.8 Å². The number of rotatable bonds is 5. The van der Waals surface area contributed by atoms with Crippen LogP contribution in [-0.2, 0) is 12.8 Å². The van der Waals surface area contributed by atoms with Gasteiger partial charge in [-0.3, -0.25) is 0 Å². The summed E-state index contributed by atoms with van der Waals surface area (Å²) < 4.78 is 0. The summed E-state index contributed by atoms with van der Waals surface area (Å²) in [5.41, 5.74) is 2.72. The van der Waals surface area contributed by atoms with Crippen molar-refractivity contribution in [3.63, 3.8) is 0 Å². The average Bonchev–Trinajstić information content (AvgIpc) is 2.52. The van der Waals surface area contributed by atoms with Crippen LogP contribution in [0.2, 0.25) is 0 Å². The first kappa shape index (κ1) is 13.8. The Morgan fingerprint density at radius 2 is 1.00 bits per heavy atom. The Balaban J connectivity index is 2.13. The van der Waals surface area contributed by atoms with E-state index in [0.29, 0.717) is 24.3 Å². The minimum absolute atomic E-state index is 0.363. The molecule has 0 radical (unpaired) electrons. The Hall–Kier alpha value is -2.62. The molecule has 0 aromatic heterocycles. The normalized spacial score (nSPS) is 12.4. The van der Waals surface area contributed by atoms with Gasteiger partial charge in [0.15, 0.2) is 0 Å². The minimum Gasteiger partial charge on any atom is -0.411 e. The summed E-state index contributed by atoms with van der Waals surface area (Å²) in [7, 11) is 0. The van der Waals surface area contributed by atoms with Crippen molar-refractivity contribution in [3.8, 4) is 0 Å². The summed E-state index contributed by atoms with van der Waals surface area (Å²) in [6.07, 6.45) is 0.840. The molecule has 0 amide bonds. The van der Waals surface area contributed by atoms with Crippen molar-refractivity contribution in [2.24, 2.45) is 10.3 Å². The van der Waals surface area contributed by atoms with Crippen molar-refractivity contribution >= 4 is 11.4 Å². The molecule has 2 aromatic rings. The van der Waals surface area contributed by atoms with Crippen LogP contribution in [0.3, 0.4) is 0 Å². The number of oxime groups is 2. The van der Waals surface area contributed by atoms with E-state index in [-0.39, 0.29) is 0 Å². The molecule has 0 spiro atoms. The molecule has 4 heteroatoms. The molecule has 0 bridgehead atoms. The lowest BCUT2D eigenvalue weighted by atomic mass is 10.00. The van der Waals surface area contributed by atoms with Crippen LogP contribution >= 0.6 is 0 Å². The molecular weight excluding hydrogens is 252 g/mol. The maximum absolute atomic E-state index is 9.16. The van der Waals surface area contributed by atoms with Gasteiger partial charge in [0.05, 0.1) is 0 Å². The Bertz CT molecular complexity index is 537. The molecule has 0 aliphatic carbocycles. The molecule has 20 heavy (non-hydrogen) atoms. The molecule has 2 rings (SSSR count). The van der Waals surface area contributed by atoms with Crippen LogP contribution in [0, 0.1) is 0 Å². The van der Waals surface area contributed by atoms with Crippen LogP contribution in [0.5, 0.6) is 0 Å². The van der Waals surface area contributed by atoms with Crippen molar-refractivity contribution in [2.75, 3.05) is 0 Å². The molecule has 2 aromatic carbocycles. The van der Waals surface area contributed by atoms with Gasteiger partial charge in [-0.15, -0.1) is 0 Å². The van der Waals surface area contributed by atoms with E-state index in [4.69, 9.17) is 10.4 Å². The van der Waals surface area contributed by atoms with Crippen molar-refractivity contribution in [1.29, 1.82) is 0 Å². The molecular formula is C16H16N2O2. The van der Waals surface area contributed by atoms with E-state index in [2.05, 4.69) is 10.3 Å². The molecule has 0 aliphatic heterocycles. The van der Waals surface area contributed by atoms with E-state index in [1.165, 1.54) is 0 Å². The van der Waals surface area contributed by atoms with Gasteiger partial charge in [0.25, 0.3) is 0 Å². The molecule has 0 aliphatic rings. The van der Waals surface area contributed by atoms with Gasteiger partial charge in [0.2, 0.25) is 0 Å². The second kappa shape index (κ2) is 7.09. The monoisotopic (exact) mass is 268 g/mol. The fourth-order valence-electron chi connectivity index (χ4n) is 1.97. The van der Waals surface area contributed by atoms with Gasteiger partial charge in [-0.25, -0.2) is 0 Å². The minimum atomic E-state index is 0.363. The Morgan fingerprint density at radius 3 is 1.30 bits per heavy atom. The highest BCUT2D eigenvalue weighted by Crippen LogP contribution is 2.07. The molecule has 0 fully saturated rings. The number of benzene rings is 2. The second-order valence-corrected chi connectivity index (χ2v) is 4.42. The van der Waals surface area contributed by atoms with Crippen LogP contribution in [-0.4, -0.2) is 21.8 Å². The van der Waals surface area contributed by atoms with Gasteiger partial charge in [0.1, 0.15) is 11.4 Å². The summed E-state index contributed by atoms with van der Waals surface area (Å²) in [5, 5.41) is 24.9. The highest BCUT2D eigenvalue weighted by atomic mass is 16.4. The van der Waals surface area contributed by atoms with Crippen LogP contribution in [0.15, 0.2) is 71.0 Å². The van der Waals surface area contributed by atoms with Gasteiger partial charge in [-0.05, 0) is 11.1 Å². The molecule has 102 valence electrons. The molecule has 0 unspecified atom stereocenters. The summed E-state index contributed by atoms with van der Waals surface area (Å²) in [4.78, 5) is 0. The van der Waals surface area contributed by atoms with Crippen LogP contribution in [0.1, 0.15) is 11.1 Å². The molecule has 0 heterocycles. The molecule has 0 saturated heterocycles. The van der Waals surface area contributed by atoms with Crippen molar-refractivity contribution < 1.29 is 10.4 Å². The van der Waals surface area contributed by atoms with Gasteiger partial charge < -0.3 is 10.4 Å². The lowest BCUT2D eigenvalue weighted by Gasteiger charge is -2.07. The van der Waals surface area contributed by atoms with Crippen LogP contribution in [0.4, 0.5) is 0 Å². The SMILES string of the molecule is O/N=C(Cc1ccccc1)\C(Cc1ccccc1)=N/O. The van der Waals surface area contributed by atoms with E-state index in [0.717, 1.165) is 11.1 Å². The van der Waals surface area contributed by atoms with Crippen molar-refractivity contribution in [1.82, 2.24) is 0 Å². The maximum atomic E-state index is 9.16. The summed E-state index contributed by atoms with van der Waals surface area (Å²) in [6.45, 7) is 0. The number of nitrogens with zero attached hydrogens (tertiary/aromatic N) is 2. The average molecular weight is 268 g/mol. The quantitative estimate of drug-likeness (QED) is 0.497. The zero-order valence-electron chi connectivity index (χ0n) is 11.0. The Labute approximate surface area is 117 Å². The lowest BCUT2D eigenvalue weighted by molar-refractivity contribution is 0.313. The highest BCUT2D eigenvalue weighted by Gasteiger charge is 2.12. The Morgan fingerprint density at radius 1 is 0.650 bits per heavy atom. The van der Waals surface area contributed by atoms with Crippen molar-refractivity contribution in [2.45, 2.75) is 12.8 Å². The van der Waals surface area contributed by atoms with Crippen LogP contribution < -0.4 is 0 Å². The second-order valence-electron chi connectivity index (χ2n) is 4.42. The molecule has 4 nitrogen and oxygen atoms in total. The van der Waals surface area contributed by atoms with Gasteiger partial charge in [0, 0.05) is 12.8 Å². The topological polar surface area (TPSA) is 65.2 Å². The van der Waals surface area contributed by atoms with Gasteiger partial charge >= 0.3 is 0 Å². The fourth-order valence-corrected chi connectivity index (χ4v) is 1.97. The first-order valence-electron chi connectivity index (χ1n) is 6.33. The Kier molecular flexibility index (Phi) is 4.89. The largest absolute Gasteiger partial charge is 0.411 e. The highest BCUT2D eigenvalue weighted by molar-refractivity contribution is 6.42. The summed E-state index contributed by atoms with van der Waals surface area (Å²) in [5.74, 6) is 0. The summed E-state index contributed by atoms with van der Waals surface area (Å²) in [6, 6.07) is 19.2. The third kappa shape index (κ3) is 3.68. The van der Waals surface area contributed by atoms with E-state index < -0.39 is 0 Å². The molecule has 0 saturated carbocycles. The number of hydrogen-bond acceptors (Lipinski definition) is 4. The first-order valence-corrected chi connectivity index (χ1v) is 6.33. The van der Waals surface area contributed by atoms with Gasteiger partial charge in [-0.1, -0.05) is 71.0 Å². The third-order valence-corrected chi connectivity index (χ3v) is 3.00. The maximum Gasteiger partial charge on any atom is 0.109 e. The zero-order chi connectivity index (χ0) is 14.2. The van der Waals surface area contributed by atoms with Gasteiger partial charge in [-0.2, -0.15) is 0 Å². The molecule has 2 N–H and O–H groups in total. The van der Waals surface area contributed by atoms with E-state index in [1.54, 1.807) is 0 Å². The standard InChI is InChI=1S/C16H16N2O2/c19-17-15(11-13-7-3-1-4-8-13)16(18-20)12-14-9-5-2-6-10-14/h1-10,19-20H,11-12H2/b17-15-,18-16-. The van der Waals surface area contributed by atoms with Crippen LogP contribution in [0.25, 0.3) is 0 Å². The van der Waals surface area contributed by atoms with E-state index >= 15 is 0 Å². The fraction of sp³-hybridized carbons (Fsp3) is 0.125. The number of hydrogen-bond donors (Lipinski definition) is 2. The first-order chi connectivity index (χ1) is 9.83. The van der Waals surface area contributed by atoms with E-state index in [9.17, 15) is 0 Å². The van der Waals surface area contributed by atoms with E-state index in [1.807, 2.05) is 60.7 Å². The lowest BCUT2D eigenvalue weighted by Crippen LogP contribution is -2.20. The summed E-state index contributed by atoms with van der Waals surface area (Å²) >= 11 is 0. The third-order valence-electron chi connectivity index (χ3n) is 3.00. The predicted molar refractivity (Wildman–Crippen MR) is 78.7 cm³/mol. The smallest absolute Gasteiger partial charge is 0.109 e. The molecule has 0 atom stereocenters. The predicted octanol–water partition coefficient (Wildman–Crippen LogP) is 3.13.